The summed E-state index contributed by atoms with van der Waals surface area (Å²) in [5.41, 5.74) is 0. The molecule has 0 aliphatic rings. The van der Waals surface area contributed by atoms with Crippen LogP contribution in [0.25, 0.3) is 0 Å². The topological polar surface area (TPSA) is 0 Å². The normalized spacial score (nSPS) is 11.2. The van der Waals surface area contributed by atoms with E-state index in [1.54, 1.807) is 0 Å². The molecule has 0 aliphatic heterocycles. The standard InChI is InChI=1S/3BF4.K/c3*2-1(3,4)5;/q3*-1;+1. The van der Waals surface area contributed by atoms with Crippen LogP contribution in [0, 0.1) is 0 Å². The largest absolute Gasteiger partial charge is 1.00 e. The Balaban J connectivity index is -0.0000000655. The quantitative estimate of drug-likeness (QED) is 0.461. The van der Waals surface area contributed by atoms with Crippen LogP contribution in [0.3, 0.4) is 0 Å². The minimum Gasteiger partial charge on any atom is -0.418 e. The van der Waals surface area contributed by atoms with Crippen molar-refractivity contribution in [1.29, 1.82) is 0 Å². The summed E-state index contributed by atoms with van der Waals surface area (Å²) in [5.74, 6) is 0. The molecule has 0 saturated heterocycles. The predicted octanol–water partition coefficient (Wildman–Crippen LogP) is 0.904. The summed E-state index contributed by atoms with van der Waals surface area (Å²) in [6, 6.07) is 0. The average Bonchev–Trinajstić information content (AvgIpc) is 1.41. The molecular formula is B3F12K-2. The average molecular weight is 300 g/mol. The first kappa shape index (κ1) is 25.7. The Hall–Kier alpha value is 0.991. The van der Waals surface area contributed by atoms with Gasteiger partial charge in [-0.05, 0) is 0 Å². The number of halogens is 12. The Morgan fingerprint density at radius 1 is 0.312 bits per heavy atom. The Morgan fingerprint density at radius 2 is 0.312 bits per heavy atom. The van der Waals surface area contributed by atoms with Crippen molar-refractivity contribution in [2.24, 2.45) is 0 Å². The zero-order valence-corrected chi connectivity index (χ0v) is 10.4. The first-order valence-corrected chi connectivity index (χ1v) is 2.62. The summed E-state index contributed by atoms with van der Waals surface area (Å²) in [5, 5.41) is 0. The molecule has 0 amide bonds. The molecule has 0 spiro atoms. The van der Waals surface area contributed by atoms with E-state index in [9.17, 15) is 51.8 Å². The molecule has 0 nitrogen and oxygen atoms in total. The molecule has 0 aromatic rings. The van der Waals surface area contributed by atoms with Crippen molar-refractivity contribution in [1.82, 2.24) is 0 Å². The molecule has 0 unspecified atom stereocenters. The minimum atomic E-state index is -6.00. The molecule has 16 heavy (non-hydrogen) atoms. The Kier molecular flexibility index (Phi) is 16.0. The maximum atomic E-state index is 9.75. The van der Waals surface area contributed by atoms with Crippen molar-refractivity contribution in [2.75, 3.05) is 0 Å². The van der Waals surface area contributed by atoms with E-state index in [4.69, 9.17) is 0 Å². The van der Waals surface area contributed by atoms with Crippen LogP contribution in [0.15, 0.2) is 0 Å². The monoisotopic (exact) mass is 300 g/mol. The van der Waals surface area contributed by atoms with E-state index in [-0.39, 0.29) is 51.4 Å². The van der Waals surface area contributed by atoms with E-state index < -0.39 is 21.8 Å². The van der Waals surface area contributed by atoms with Gasteiger partial charge in [0.2, 0.25) is 0 Å². The Morgan fingerprint density at radius 3 is 0.312 bits per heavy atom. The molecule has 0 bridgehead atoms. The predicted molar refractivity (Wildman–Crippen MR) is 30.6 cm³/mol. The fraction of sp³-hybridized carbons (Fsp3) is 0. The molecule has 0 atom stereocenters. The third-order valence-corrected chi connectivity index (χ3v) is 0. The van der Waals surface area contributed by atoms with Crippen LogP contribution in [-0.2, 0) is 0 Å². The molecule has 0 fully saturated rings. The first-order valence-electron chi connectivity index (χ1n) is 2.62. The van der Waals surface area contributed by atoms with E-state index in [1.165, 1.54) is 0 Å². The molecule has 0 saturated carbocycles. The van der Waals surface area contributed by atoms with Gasteiger partial charge in [0.05, 0.1) is 0 Å². The second-order valence-corrected chi connectivity index (χ2v) is 1.48. The van der Waals surface area contributed by atoms with Crippen molar-refractivity contribution < 1.29 is 103 Å². The minimum absolute atomic E-state index is 0. The summed E-state index contributed by atoms with van der Waals surface area (Å²) in [6.45, 7) is 0. The fourth-order valence-corrected chi connectivity index (χ4v) is 0. The third-order valence-electron chi connectivity index (χ3n) is 0. The molecule has 0 aliphatic carbocycles. The van der Waals surface area contributed by atoms with Crippen LogP contribution in [0.4, 0.5) is 51.8 Å². The van der Waals surface area contributed by atoms with Crippen LogP contribution in [0.1, 0.15) is 0 Å². The van der Waals surface area contributed by atoms with Crippen LogP contribution in [0.2, 0.25) is 0 Å². The molecule has 0 aromatic carbocycles. The molecule has 0 heterocycles. The van der Waals surface area contributed by atoms with Crippen molar-refractivity contribution in [2.45, 2.75) is 0 Å². The van der Waals surface area contributed by atoms with E-state index >= 15 is 0 Å². The van der Waals surface area contributed by atoms with E-state index in [0.29, 0.717) is 0 Å². The maximum absolute atomic E-state index is 9.75. The summed E-state index contributed by atoms with van der Waals surface area (Å²) < 4.78 is 117. The van der Waals surface area contributed by atoms with Gasteiger partial charge in [-0.15, -0.1) is 0 Å². The van der Waals surface area contributed by atoms with E-state index in [0.717, 1.165) is 0 Å². The van der Waals surface area contributed by atoms with Gasteiger partial charge < -0.3 is 51.8 Å². The van der Waals surface area contributed by atoms with Crippen LogP contribution in [-0.4, -0.2) is 21.8 Å². The molecule has 0 aromatic heterocycles. The number of hydrogen-bond acceptors (Lipinski definition) is 0. The fourth-order valence-electron chi connectivity index (χ4n) is 0. The van der Waals surface area contributed by atoms with Gasteiger partial charge in [-0.3, -0.25) is 0 Å². The van der Waals surface area contributed by atoms with Gasteiger partial charge in [0, 0.05) is 0 Å². The van der Waals surface area contributed by atoms with Crippen LogP contribution in [0.5, 0.6) is 0 Å². The van der Waals surface area contributed by atoms with Crippen molar-refractivity contribution in [3.63, 3.8) is 0 Å². The zero-order valence-electron chi connectivity index (χ0n) is 7.27. The van der Waals surface area contributed by atoms with Crippen molar-refractivity contribution >= 4 is 21.8 Å². The van der Waals surface area contributed by atoms with Gasteiger partial charge in [-0.2, -0.15) is 0 Å². The molecule has 0 radical (unpaired) electrons. The van der Waals surface area contributed by atoms with Crippen LogP contribution < -0.4 is 51.4 Å². The van der Waals surface area contributed by atoms with Gasteiger partial charge in [0.15, 0.2) is 0 Å². The van der Waals surface area contributed by atoms with Gasteiger partial charge in [-0.25, -0.2) is 0 Å². The number of hydrogen-bond donors (Lipinski definition) is 0. The van der Waals surface area contributed by atoms with Gasteiger partial charge in [0.25, 0.3) is 0 Å². The molecule has 96 valence electrons. The van der Waals surface area contributed by atoms with E-state index in [2.05, 4.69) is 0 Å². The van der Waals surface area contributed by atoms with Crippen molar-refractivity contribution in [3.05, 3.63) is 0 Å². The summed E-state index contributed by atoms with van der Waals surface area (Å²) in [4.78, 5) is 0. The van der Waals surface area contributed by atoms with Crippen molar-refractivity contribution in [3.8, 4) is 0 Å². The molecular weight excluding hydrogens is 300 g/mol. The van der Waals surface area contributed by atoms with Gasteiger partial charge in [0.1, 0.15) is 0 Å². The number of rotatable bonds is 0. The van der Waals surface area contributed by atoms with E-state index in [1.807, 2.05) is 0 Å². The molecule has 0 rings (SSSR count). The van der Waals surface area contributed by atoms with Gasteiger partial charge in [-0.1, -0.05) is 0 Å². The third kappa shape index (κ3) is 2990. The molecule has 0 N–H and O–H groups in total. The summed E-state index contributed by atoms with van der Waals surface area (Å²) in [6.07, 6.45) is 0. The zero-order chi connectivity index (χ0) is 13.5. The first-order chi connectivity index (χ1) is 6.00. The molecule has 16 heteroatoms. The van der Waals surface area contributed by atoms with Crippen LogP contribution >= 0.6 is 0 Å². The Labute approximate surface area is 124 Å². The SMILES string of the molecule is F[B-](F)(F)F.F[B-](F)(F)F.F[B-](F)(F)F.[K+]. The second-order valence-electron chi connectivity index (χ2n) is 1.48. The Bertz CT molecular complexity index is 91.3. The van der Waals surface area contributed by atoms with Gasteiger partial charge >= 0.3 is 73.1 Å². The second kappa shape index (κ2) is 9.96. The maximum Gasteiger partial charge on any atom is 1.00 e. The smallest absolute Gasteiger partial charge is 0.418 e. The summed E-state index contributed by atoms with van der Waals surface area (Å²) >= 11 is 0. The summed E-state index contributed by atoms with van der Waals surface area (Å²) in [7, 11) is -18.0.